The van der Waals surface area contributed by atoms with Gasteiger partial charge in [0.2, 0.25) is 11.8 Å². The van der Waals surface area contributed by atoms with Crippen LogP contribution in [0.3, 0.4) is 0 Å². The monoisotopic (exact) mass is 211 g/mol. The highest BCUT2D eigenvalue weighted by Crippen LogP contribution is 2.42. The molecule has 0 aromatic carbocycles. The molecule has 3 nitrogen and oxygen atoms in total. The third-order valence-electron chi connectivity index (χ3n) is 3.35. The van der Waals surface area contributed by atoms with Crippen molar-refractivity contribution < 1.29 is 9.59 Å². The smallest absolute Gasteiger partial charge is 0.230 e. The Morgan fingerprint density at radius 2 is 2.07 bits per heavy atom. The summed E-state index contributed by atoms with van der Waals surface area (Å²) in [7, 11) is 0. The number of hydrogen-bond donors (Lipinski definition) is 1. The molecule has 1 saturated heterocycles. The third kappa shape index (κ3) is 2.39. The third-order valence-corrected chi connectivity index (χ3v) is 3.35. The van der Waals surface area contributed by atoms with Gasteiger partial charge in [-0.3, -0.25) is 14.9 Å². The first-order valence-electron chi connectivity index (χ1n) is 5.74. The first-order chi connectivity index (χ1) is 6.90. The van der Waals surface area contributed by atoms with Crippen LogP contribution in [0.25, 0.3) is 0 Å². The van der Waals surface area contributed by atoms with Crippen LogP contribution in [0.5, 0.6) is 0 Å². The first-order valence-corrected chi connectivity index (χ1v) is 5.74. The Balaban J connectivity index is 2.96. The highest BCUT2D eigenvalue weighted by Gasteiger charge is 2.45. The van der Waals surface area contributed by atoms with Gasteiger partial charge in [-0.15, -0.1) is 0 Å². The molecule has 0 aromatic rings. The normalized spacial score (nSPS) is 31.9. The van der Waals surface area contributed by atoms with Crippen molar-refractivity contribution in [3.05, 3.63) is 0 Å². The average Bonchev–Trinajstić information content (AvgIpc) is 1.99. The lowest BCUT2D eigenvalue weighted by Crippen LogP contribution is -2.52. The number of nitrogens with one attached hydrogen (secondary N) is 1. The minimum Gasteiger partial charge on any atom is -0.296 e. The molecule has 0 aliphatic carbocycles. The maximum Gasteiger partial charge on any atom is 0.230 e. The van der Waals surface area contributed by atoms with Crippen molar-refractivity contribution in [2.75, 3.05) is 0 Å². The van der Waals surface area contributed by atoms with Crippen LogP contribution in [-0.4, -0.2) is 11.8 Å². The highest BCUT2D eigenvalue weighted by atomic mass is 16.2. The molecule has 0 aromatic heterocycles. The van der Waals surface area contributed by atoms with Gasteiger partial charge < -0.3 is 0 Å². The largest absolute Gasteiger partial charge is 0.296 e. The Kier molecular flexibility index (Phi) is 3.53. The van der Waals surface area contributed by atoms with Gasteiger partial charge in [-0.2, -0.15) is 0 Å². The number of amides is 2. The number of hydrogen-bond acceptors (Lipinski definition) is 2. The van der Waals surface area contributed by atoms with Crippen LogP contribution in [0, 0.1) is 17.3 Å². The Hall–Kier alpha value is -0.860. The zero-order valence-corrected chi connectivity index (χ0v) is 10.1. The predicted molar refractivity (Wildman–Crippen MR) is 59.1 cm³/mol. The summed E-state index contributed by atoms with van der Waals surface area (Å²) in [6.45, 7) is 8.26. The molecule has 1 aliphatic rings. The van der Waals surface area contributed by atoms with Gasteiger partial charge in [-0.25, -0.2) is 0 Å². The van der Waals surface area contributed by atoms with Gasteiger partial charge in [-0.1, -0.05) is 34.1 Å². The minimum absolute atomic E-state index is 0.0323. The van der Waals surface area contributed by atoms with Crippen LogP contribution >= 0.6 is 0 Å². The molecule has 2 amide bonds. The molecule has 3 heteroatoms. The van der Waals surface area contributed by atoms with E-state index in [1.165, 1.54) is 0 Å². The van der Waals surface area contributed by atoms with Gasteiger partial charge in [0, 0.05) is 12.3 Å². The molecule has 0 spiro atoms. The standard InChI is InChI=1S/C12H21NO2/c1-5-6-12(4)7-9(14)13-11(15)10(12)8(2)3/h8,10H,5-7H2,1-4H3,(H,13,14,15). The van der Waals surface area contributed by atoms with Crippen molar-refractivity contribution in [1.82, 2.24) is 5.32 Å². The van der Waals surface area contributed by atoms with Crippen LogP contribution in [0.2, 0.25) is 0 Å². The fourth-order valence-electron chi connectivity index (χ4n) is 2.98. The van der Waals surface area contributed by atoms with Gasteiger partial charge in [0.1, 0.15) is 0 Å². The van der Waals surface area contributed by atoms with Crippen molar-refractivity contribution in [3.8, 4) is 0 Å². The number of carbonyl (C=O) groups excluding carboxylic acids is 2. The van der Waals surface area contributed by atoms with Crippen molar-refractivity contribution in [3.63, 3.8) is 0 Å². The van der Waals surface area contributed by atoms with E-state index in [9.17, 15) is 9.59 Å². The van der Waals surface area contributed by atoms with Crippen molar-refractivity contribution in [1.29, 1.82) is 0 Å². The Morgan fingerprint density at radius 1 is 1.47 bits per heavy atom. The number of imide groups is 1. The van der Waals surface area contributed by atoms with Crippen molar-refractivity contribution >= 4 is 11.8 Å². The van der Waals surface area contributed by atoms with Crippen molar-refractivity contribution in [2.24, 2.45) is 17.3 Å². The zero-order valence-electron chi connectivity index (χ0n) is 10.1. The van der Waals surface area contributed by atoms with Crippen molar-refractivity contribution in [2.45, 2.75) is 47.0 Å². The van der Waals surface area contributed by atoms with Gasteiger partial charge in [0.25, 0.3) is 0 Å². The van der Waals surface area contributed by atoms with E-state index in [0.29, 0.717) is 6.42 Å². The van der Waals surface area contributed by atoms with E-state index in [0.717, 1.165) is 12.8 Å². The molecule has 1 rings (SSSR count). The molecule has 1 fully saturated rings. The van der Waals surface area contributed by atoms with E-state index < -0.39 is 0 Å². The summed E-state index contributed by atoms with van der Waals surface area (Å²) in [6.07, 6.45) is 2.44. The van der Waals surface area contributed by atoms with E-state index >= 15 is 0 Å². The van der Waals surface area contributed by atoms with Crippen LogP contribution < -0.4 is 5.32 Å². The molecule has 1 N–H and O–H groups in total. The molecular formula is C12H21NO2. The summed E-state index contributed by atoms with van der Waals surface area (Å²) >= 11 is 0. The van der Waals surface area contributed by atoms with E-state index in [4.69, 9.17) is 0 Å². The Bertz CT molecular complexity index is 273. The second-order valence-corrected chi connectivity index (χ2v) is 5.21. The molecule has 2 atom stereocenters. The minimum atomic E-state index is -0.150. The van der Waals surface area contributed by atoms with E-state index in [-0.39, 0.29) is 29.1 Å². The average molecular weight is 211 g/mol. The van der Waals surface area contributed by atoms with Crippen LogP contribution in [0.15, 0.2) is 0 Å². The highest BCUT2D eigenvalue weighted by molar-refractivity contribution is 5.99. The topological polar surface area (TPSA) is 46.2 Å². The fourth-order valence-corrected chi connectivity index (χ4v) is 2.98. The summed E-state index contributed by atoms with van der Waals surface area (Å²) < 4.78 is 0. The van der Waals surface area contributed by atoms with Gasteiger partial charge in [0.05, 0.1) is 0 Å². The van der Waals surface area contributed by atoms with Crippen LogP contribution in [-0.2, 0) is 9.59 Å². The van der Waals surface area contributed by atoms with Gasteiger partial charge in [0.15, 0.2) is 0 Å². The molecule has 1 aliphatic heterocycles. The lowest BCUT2D eigenvalue weighted by molar-refractivity contribution is -0.145. The summed E-state index contributed by atoms with van der Waals surface area (Å²) in [5.41, 5.74) is -0.150. The number of piperidine rings is 1. The molecule has 2 unspecified atom stereocenters. The summed E-state index contributed by atoms with van der Waals surface area (Å²) in [5, 5.41) is 2.45. The molecular weight excluding hydrogens is 190 g/mol. The second-order valence-electron chi connectivity index (χ2n) is 5.21. The molecule has 0 radical (unpaired) electrons. The van der Waals surface area contributed by atoms with Gasteiger partial charge >= 0.3 is 0 Å². The molecule has 0 saturated carbocycles. The van der Waals surface area contributed by atoms with Gasteiger partial charge in [-0.05, 0) is 17.8 Å². The first kappa shape index (κ1) is 12.2. The SMILES string of the molecule is CCCC1(C)CC(=O)NC(=O)C1C(C)C. The molecule has 15 heavy (non-hydrogen) atoms. The predicted octanol–water partition coefficient (Wildman–Crippen LogP) is 2.11. The Labute approximate surface area is 91.6 Å². The maximum atomic E-state index is 11.8. The van der Waals surface area contributed by atoms with E-state index in [2.05, 4.69) is 19.2 Å². The molecule has 0 bridgehead atoms. The quantitative estimate of drug-likeness (QED) is 0.727. The van der Waals surface area contributed by atoms with Crippen LogP contribution in [0.4, 0.5) is 0 Å². The maximum absolute atomic E-state index is 11.8. The second kappa shape index (κ2) is 4.33. The lowest BCUT2D eigenvalue weighted by atomic mass is 9.65. The summed E-state index contributed by atoms with van der Waals surface area (Å²) in [5.74, 6) is 0.0508. The zero-order chi connectivity index (χ0) is 11.6. The lowest BCUT2D eigenvalue weighted by Gasteiger charge is -2.41. The summed E-state index contributed by atoms with van der Waals surface area (Å²) in [6, 6.07) is 0. The Morgan fingerprint density at radius 3 is 2.53 bits per heavy atom. The van der Waals surface area contributed by atoms with E-state index in [1.54, 1.807) is 0 Å². The number of carbonyl (C=O) groups is 2. The molecule has 1 heterocycles. The number of rotatable bonds is 3. The fraction of sp³-hybridized carbons (Fsp3) is 0.833. The van der Waals surface area contributed by atoms with Crippen LogP contribution in [0.1, 0.15) is 47.0 Å². The van der Waals surface area contributed by atoms with E-state index in [1.807, 2.05) is 13.8 Å². The molecule has 86 valence electrons. The summed E-state index contributed by atoms with van der Waals surface area (Å²) in [4.78, 5) is 23.2.